The first-order valence-electron chi connectivity index (χ1n) is 8.05. The average molecular weight is 387 g/mol. The van der Waals surface area contributed by atoms with E-state index < -0.39 is 5.97 Å². The van der Waals surface area contributed by atoms with Crippen molar-refractivity contribution in [1.29, 1.82) is 0 Å². The van der Waals surface area contributed by atoms with Gasteiger partial charge in [-0.15, -0.1) is 11.3 Å². The third-order valence-corrected chi connectivity index (χ3v) is 5.01. The van der Waals surface area contributed by atoms with E-state index >= 15 is 0 Å². The lowest BCUT2D eigenvalue weighted by Crippen LogP contribution is -2.17. The average Bonchev–Trinajstić information content (AvgIpc) is 3.00. The van der Waals surface area contributed by atoms with Crippen LogP contribution < -0.4 is 10.3 Å². The van der Waals surface area contributed by atoms with E-state index in [0.29, 0.717) is 32.0 Å². The van der Waals surface area contributed by atoms with Crippen LogP contribution in [0.5, 0.6) is 11.5 Å². The Kier molecular flexibility index (Phi) is 5.22. The van der Waals surface area contributed by atoms with Gasteiger partial charge in [-0.3, -0.25) is 4.79 Å². The van der Waals surface area contributed by atoms with Gasteiger partial charge >= 0.3 is 5.97 Å². The number of aryl methyl sites for hydroxylation is 1. The van der Waals surface area contributed by atoms with E-state index in [-0.39, 0.29) is 17.9 Å². The molecule has 0 bridgehead atoms. The molecule has 140 valence electrons. The van der Waals surface area contributed by atoms with E-state index in [1.54, 1.807) is 26.0 Å². The molecule has 0 atom stereocenters. The molecule has 0 aliphatic heterocycles. The van der Waals surface area contributed by atoms with Gasteiger partial charge in [-0.2, -0.15) is 9.78 Å². The normalized spacial score (nSPS) is 11.2. The highest BCUT2D eigenvalue weighted by Crippen LogP contribution is 2.27. The van der Waals surface area contributed by atoms with Crippen molar-refractivity contribution in [2.24, 2.45) is 5.10 Å². The van der Waals surface area contributed by atoms with Crippen LogP contribution >= 0.6 is 11.3 Å². The van der Waals surface area contributed by atoms with Crippen LogP contribution in [-0.4, -0.2) is 40.7 Å². The van der Waals surface area contributed by atoms with Crippen LogP contribution in [0.2, 0.25) is 0 Å². The lowest BCUT2D eigenvalue weighted by molar-refractivity contribution is 0.0531. The SMILES string of the molecule is CCOC(=O)c1sc2ncn(/N=C/c3ccc(O)c(OC)c3)c(=O)c2c1C. The topological polar surface area (TPSA) is 103 Å². The summed E-state index contributed by atoms with van der Waals surface area (Å²) in [5, 5.41) is 14.1. The molecule has 0 saturated heterocycles. The van der Waals surface area contributed by atoms with Gasteiger partial charge in [0.2, 0.25) is 0 Å². The van der Waals surface area contributed by atoms with Gasteiger partial charge in [-0.05, 0) is 43.2 Å². The van der Waals surface area contributed by atoms with E-state index in [9.17, 15) is 14.7 Å². The fourth-order valence-electron chi connectivity index (χ4n) is 2.49. The van der Waals surface area contributed by atoms with E-state index in [1.807, 2.05) is 0 Å². The van der Waals surface area contributed by atoms with Gasteiger partial charge in [0.05, 0.1) is 25.3 Å². The number of hydrogen-bond acceptors (Lipinski definition) is 8. The zero-order valence-electron chi connectivity index (χ0n) is 14.9. The number of hydrogen-bond donors (Lipinski definition) is 1. The van der Waals surface area contributed by atoms with Gasteiger partial charge in [0.25, 0.3) is 5.56 Å². The molecule has 0 spiro atoms. The predicted octanol–water partition coefficient (Wildman–Crippen LogP) is 2.54. The summed E-state index contributed by atoms with van der Waals surface area (Å²) in [5.41, 5.74) is 0.777. The number of methoxy groups -OCH3 is 1. The van der Waals surface area contributed by atoms with Crippen molar-refractivity contribution in [2.45, 2.75) is 13.8 Å². The smallest absolute Gasteiger partial charge is 0.348 e. The molecule has 3 rings (SSSR count). The molecule has 0 fully saturated rings. The third-order valence-electron chi connectivity index (χ3n) is 3.83. The van der Waals surface area contributed by atoms with E-state index in [0.717, 1.165) is 16.0 Å². The Morgan fingerprint density at radius 1 is 1.44 bits per heavy atom. The first-order valence-corrected chi connectivity index (χ1v) is 8.87. The van der Waals surface area contributed by atoms with Gasteiger partial charge in [0, 0.05) is 0 Å². The van der Waals surface area contributed by atoms with Gasteiger partial charge in [-0.25, -0.2) is 9.78 Å². The van der Waals surface area contributed by atoms with Gasteiger partial charge in [0.15, 0.2) is 11.5 Å². The predicted molar refractivity (Wildman–Crippen MR) is 102 cm³/mol. The standard InChI is InChI=1S/C18H17N3O5S/c1-4-26-18(24)15-10(2)14-16(27-15)19-9-21(17(14)23)20-8-11-5-6-12(22)13(7-11)25-3/h5-9,22H,4H2,1-3H3/b20-8+. The second-order valence-electron chi connectivity index (χ2n) is 5.53. The Morgan fingerprint density at radius 2 is 2.22 bits per heavy atom. The molecule has 9 heteroatoms. The number of fused-ring (bicyclic) bond motifs is 1. The molecular formula is C18H17N3O5S. The second-order valence-corrected chi connectivity index (χ2v) is 6.53. The summed E-state index contributed by atoms with van der Waals surface area (Å²) in [6, 6.07) is 4.69. The first kappa shape index (κ1) is 18.6. The number of ether oxygens (including phenoxy) is 2. The highest BCUT2D eigenvalue weighted by molar-refractivity contribution is 7.20. The second kappa shape index (κ2) is 7.58. The molecule has 0 radical (unpaired) electrons. The molecule has 27 heavy (non-hydrogen) atoms. The number of aromatic hydroxyl groups is 1. The maximum absolute atomic E-state index is 12.7. The van der Waals surface area contributed by atoms with Crippen LogP contribution in [0.1, 0.15) is 27.7 Å². The van der Waals surface area contributed by atoms with Crippen LogP contribution in [0.4, 0.5) is 0 Å². The van der Waals surface area contributed by atoms with Crippen LogP contribution in [-0.2, 0) is 4.74 Å². The molecular weight excluding hydrogens is 370 g/mol. The first-order chi connectivity index (χ1) is 13.0. The molecule has 0 saturated carbocycles. The summed E-state index contributed by atoms with van der Waals surface area (Å²) in [4.78, 5) is 29.8. The summed E-state index contributed by atoms with van der Waals surface area (Å²) < 4.78 is 11.2. The molecule has 1 aromatic carbocycles. The zero-order chi connectivity index (χ0) is 19.6. The van der Waals surface area contributed by atoms with Crippen LogP contribution in [0.25, 0.3) is 10.2 Å². The van der Waals surface area contributed by atoms with Crippen molar-refractivity contribution < 1.29 is 19.4 Å². The Labute approximate surface area is 158 Å². The number of thiophene rings is 1. The largest absolute Gasteiger partial charge is 0.504 e. The minimum atomic E-state index is -0.469. The Balaban J connectivity index is 2.01. The van der Waals surface area contributed by atoms with Gasteiger partial charge < -0.3 is 14.6 Å². The molecule has 1 N–H and O–H groups in total. The van der Waals surface area contributed by atoms with Gasteiger partial charge in [0.1, 0.15) is 16.0 Å². The van der Waals surface area contributed by atoms with Crippen molar-refractivity contribution in [3.63, 3.8) is 0 Å². The molecule has 0 unspecified atom stereocenters. The van der Waals surface area contributed by atoms with Crippen molar-refractivity contribution >= 4 is 33.7 Å². The van der Waals surface area contributed by atoms with E-state index in [2.05, 4.69) is 10.1 Å². The molecule has 0 aliphatic rings. The summed E-state index contributed by atoms with van der Waals surface area (Å²) in [5.74, 6) is -0.161. The van der Waals surface area contributed by atoms with Crippen molar-refractivity contribution in [3.8, 4) is 11.5 Å². The minimum absolute atomic E-state index is 0.00953. The fourth-order valence-corrected chi connectivity index (χ4v) is 3.53. The molecule has 8 nitrogen and oxygen atoms in total. The molecule has 2 heterocycles. The number of nitrogens with zero attached hydrogens (tertiary/aromatic N) is 3. The third kappa shape index (κ3) is 3.54. The number of phenols is 1. The highest BCUT2D eigenvalue weighted by atomic mass is 32.1. The lowest BCUT2D eigenvalue weighted by atomic mass is 10.2. The van der Waals surface area contributed by atoms with Crippen molar-refractivity contribution in [3.05, 3.63) is 50.9 Å². The number of carbonyl (C=O) groups excluding carboxylic acids is 1. The Morgan fingerprint density at radius 3 is 2.93 bits per heavy atom. The Bertz CT molecular complexity index is 1100. The minimum Gasteiger partial charge on any atom is -0.504 e. The van der Waals surface area contributed by atoms with E-state index in [1.165, 1.54) is 25.7 Å². The fraction of sp³-hybridized carbons (Fsp3) is 0.222. The summed E-state index contributed by atoms with van der Waals surface area (Å²) >= 11 is 1.12. The summed E-state index contributed by atoms with van der Waals surface area (Å²) in [6.45, 7) is 3.66. The summed E-state index contributed by atoms with van der Waals surface area (Å²) in [6.07, 6.45) is 2.74. The molecule has 2 aromatic heterocycles. The monoisotopic (exact) mass is 387 g/mol. The van der Waals surface area contributed by atoms with Crippen LogP contribution in [0.15, 0.2) is 34.4 Å². The number of benzene rings is 1. The van der Waals surface area contributed by atoms with Crippen LogP contribution in [0.3, 0.4) is 0 Å². The van der Waals surface area contributed by atoms with Crippen molar-refractivity contribution in [2.75, 3.05) is 13.7 Å². The van der Waals surface area contributed by atoms with Gasteiger partial charge in [-0.1, -0.05) is 0 Å². The van der Waals surface area contributed by atoms with E-state index in [4.69, 9.17) is 9.47 Å². The molecule has 0 aliphatic carbocycles. The maximum Gasteiger partial charge on any atom is 0.348 e. The Hall–Kier alpha value is -3.20. The number of aromatic nitrogens is 2. The lowest BCUT2D eigenvalue weighted by Gasteiger charge is -2.03. The highest BCUT2D eigenvalue weighted by Gasteiger charge is 2.20. The maximum atomic E-state index is 12.7. The zero-order valence-corrected chi connectivity index (χ0v) is 15.7. The number of esters is 1. The van der Waals surface area contributed by atoms with Crippen molar-refractivity contribution in [1.82, 2.24) is 9.66 Å². The van der Waals surface area contributed by atoms with Crippen LogP contribution in [0, 0.1) is 6.92 Å². The quantitative estimate of drug-likeness (QED) is 0.533. The number of carbonyl (C=O) groups is 1. The summed E-state index contributed by atoms with van der Waals surface area (Å²) in [7, 11) is 1.44. The number of rotatable bonds is 5. The molecule has 3 aromatic rings. The number of phenolic OH excluding ortho intramolecular Hbond substituents is 1. The molecule has 0 amide bonds.